The third kappa shape index (κ3) is 4.83. The van der Waals surface area contributed by atoms with Crippen molar-refractivity contribution in [3.8, 4) is 6.07 Å². The number of carbonyl (C=O) groups is 2. The highest BCUT2D eigenvalue weighted by Crippen LogP contribution is 2.14. The summed E-state index contributed by atoms with van der Waals surface area (Å²) in [5, 5.41) is 9.03. The average Bonchev–Trinajstić information content (AvgIpc) is 2.58. The van der Waals surface area contributed by atoms with Gasteiger partial charge in [0.2, 0.25) is 5.91 Å². The highest BCUT2D eigenvalue weighted by molar-refractivity contribution is 6.33. The molecule has 6 heteroatoms. The molecule has 0 fully saturated rings. The molecule has 2 rings (SSSR count). The third-order valence-electron chi connectivity index (χ3n) is 3.16. The van der Waals surface area contributed by atoms with Crippen LogP contribution in [-0.2, 0) is 11.2 Å². The van der Waals surface area contributed by atoms with Crippen molar-refractivity contribution in [3.05, 3.63) is 70.2 Å². The van der Waals surface area contributed by atoms with Crippen molar-refractivity contribution in [2.24, 2.45) is 0 Å². The predicted molar refractivity (Wildman–Crippen MR) is 86.5 cm³/mol. The number of hydrazine groups is 1. The van der Waals surface area contributed by atoms with Gasteiger partial charge in [0, 0.05) is 6.42 Å². The van der Waals surface area contributed by atoms with Gasteiger partial charge in [-0.15, -0.1) is 0 Å². The number of halogens is 1. The van der Waals surface area contributed by atoms with Crippen LogP contribution in [0.4, 0.5) is 0 Å². The first-order valence-electron chi connectivity index (χ1n) is 6.93. The summed E-state index contributed by atoms with van der Waals surface area (Å²) < 4.78 is 0. The van der Waals surface area contributed by atoms with Crippen LogP contribution >= 0.6 is 11.6 Å². The second kappa shape index (κ2) is 7.97. The Morgan fingerprint density at radius 3 is 2.39 bits per heavy atom. The molecule has 2 amide bonds. The monoisotopic (exact) mass is 327 g/mol. The molecule has 5 nitrogen and oxygen atoms in total. The van der Waals surface area contributed by atoms with Crippen LogP contribution in [0.3, 0.4) is 0 Å². The van der Waals surface area contributed by atoms with Gasteiger partial charge in [-0.3, -0.25) is 20.4 Å². The summed E-state index contributed by atoms with van der Waals surface area (Å²) in [6.07, 6.45) is 0.730. The smallest absolute Gasteiger partial charge is 0.271 e. The van der Waals surface area contributed by atoms with Crippen molar-refractivity contribution in [1.29, 1.82) is 5.26 Å². The standard InChI is InChI=1S/C17H14ClN3O2/c18-15-4-2-1-3-14(15)17(23)21-20-16(22)10-9-12-5-7-13(11-19)8-6-12/h1-8H,9-10H2,(H,20,22)(H,21,23). The number of hydrogen-bond acceptors (Lipinski definition) is 3. The summed E-state index contributed by atoms with van der Waals surface area (Å²) >= 11 is 5.90. The molecule has 0 heterocycles. The molecule has 0 aliphatic carbocycles. The quantitative estimate of drug-likeness (QED) is 0.847. The molecular formula is C17H14ClN3O2. The molecule has 0 radical (unpaired) electrons. The summed E-state index contributed by atoms with van der Waals surface area (Å²) in [5.41, 5.74) is 6.49. The normalized spacial score (nSPS) is 9.74. The van der Waals surface area contributed by atoms with E-state index in [9.17, 15) is 9.59 Å². The third-order valence-corrected chi connectivity index (χ3v) is 3.49. The first-order valence-corrected chi connectivity index (χ1v) is 7.30. The number of carbonyl (C=O) groups excluding carboxylic acids is 2. The van der Waals surface area contributed by atoms with Crippen LogP contribution in [0.2, 0.25) is 5.02 Å². The Bertz CT molecular complexity index is 751. The molecule has 0 aliphatic rings. The lowest BCUT2D eigenvalue weighted by Gasteiger charge is -2.08. The van der Waals surface area contributed by atoms with E-state index in [0.29, 0.717) is 22.6 Å². The van der Waals surface area contributed by atoms with E-state index in [1.54, 1.807) is 48.5 Å². The minimum atomic E-state index is -0.470. The number of amides is 2. The zero-order valence-electron chi connectivity index (χ0n) is 12.2. The van der Waals surface area contributed by atoms with Gasteiger partial charge < -0.3 is 0 Å². The van der Waals surface area contributed by atoms with Crippen LogP contribution < -0.4 is 10.9 Å². The lowest BCUT2D eigenvalue weighted by molar-refractivity contribution is -0.121. The lowest BCUT2D eigenvalue weighted by Crippen LogP contribution is -2.41. The Balaban J connectivity index is 1.80. The zero-order valence-corrected chi connectivity index (χ0v) is 12.9. The first kappa shape index (κ1) is 16.5. The SMILES string of the molecule is N#Cc1ccc(CCC(=O)NNC(=O)c2ccccc2Cl)cc1. The van der Waals surface area contributed by atoms with E-state index in [2.05, 4.69) is 10.9 Å². The predicted octanol–water partition coefficient (Wildman–Crippen LogP) is 2.61. The average molecular weight is 328 g/mol. The maximum absolute atomic E-state index is 11.9. The van der Waals surface area contributed by atoms with Gasteiger partial charge in [-0.2, -0.15) is 5.26 Å². The topological polar surface area (TPSA) is 82.0 Å². The van der Waals surface area contributed by atoms with Crippen LogP contribution in [0.25, 0.3) is 0 Å². The number of hydrogen-bond donors (Lipinski definition) is 2. The van der Waals surface area contributed by atoms with Crippen LogP contribution in [0.15, 0.2) is 48.5 Å². The number of benzene rings is 2. The fraction of sp³-hybridized carbons (Fsp3) is 0.118. The fourth-order valence-electron chi connectivity index (χ4n) is 1.91. The molecule has 0 bridgehead atoms. The summed E-state index contributed by atoms with van der Waals surface area (Å²) in [4.78, 5) is 23.6. The van der Waals surface area contributed by atoms with Gasteiger partial charge in [0.05, 0.1) is 22.2 Å². The van der Waals surface area contributed by atoms with Gasteiger partial charge in [-0.1, -0.05) is 35.9 Å². The molecule has 0 atom stereocenters. The van der Waals surface area contributed by atoms with E-state index in [-0.39, 0.29) is 12.3 Å². The number of rotatable bonds is 4. The largest absolute Gasteiger partial charge is 0.273 e. The van der Waals surface area contributed by atoms with Gasteiger partial charge in [-0.25, -0.2) is 0 Å². The summed E-state index contributed by atoms with van der Waals surface area (Å²) in [6, 6.07) is 15.6. The first-order chi connectivity index (χ1) is 11.1. The molecule has 0 spiro atoms. The van der Waals surface area contributed by atoms with Crippen molar-refractivity contribution in [2.45, 2.75) is 12.8 Å². The molecule has 116 valence electrons. The van der Waals surface area contributed by atoms with Gasteiger partial charge >= 0.3 is 0 Å². The highest BCUT2D eigenvalue weighted by Gasteiger charge is 2.10. The van der Waals surface area contributed by atoms with Gasteiger partial charge in [0.25, 0.3) is 5.91 Å². The van der Waals surface area contributed by atoms with Crippen molar-refractivity contribution in [1.82, 2.24) is 10.9 Å². The summed E-state index contributed by atoms with van der Waals surface area (Å²) in [6.45, 7) is 0. The van der Waals surface area contributed by atoms with Crippen molar-refractivity contribution in [2.75, 3.05) is 0 Å². The number of nitrogens with zero attached hydrogens (tertiary/aromatic N) is 1. The molecule has 2 aromatic carbocycles. The molecule has 0 unspecified atom stereocenters. The molecule has 0 saturated heterocycles. The fourth-order valence-corrected chi connectivity index (χ4v) is 2.13. The van der Waals surface area contributed by atoms with Gasteiger partial charge in [0.15, 0.2) is 0 Å². The lowest BCUT2D eigenvalue weighted by atomic mass is 10.1. The Morgan fingerprint density at radius 1 is 1.04 bits per heavy atom. The van der Waals surface area contributed by atoms with E-state index in [1.807, 2.05) is 6.07 Å². The molecule has 0 aliphatic heterocycles. The number of nitriles is 1. The minimum Gasteiger partial charge on any atom is -0.273 e. The second-order valence-electron chi connectivity index (χ2n) is 4.79. The Labute approximate surface area is 138 Å². The maximum atomic E-state index is 11.9. The van der Waals surface area contributed by atoms with E-state index >= 15 is 0 Å². The van der Waals surface area contributed by atoms with Crippen molar-refractivity contribution in [3.63, 3.8) is 0 Å². The number of nitrogens with one attached hydrogen (secondary N) is 2. The van der Waals surface area contributed by atoms with Crippen molar-refractivity contribution >= 4 is 23.4 Å². The Morgan fingerprint density at radius 2 is 1.74 bits per heavy atom. The molecule has 2 aromatic rings. The molecule has 0 saturated carbocycles. The summed E-state index contributed by atoms with van der Waals surface area (Å²) in [7, 11) is 0. The number of aryl methyl sites for hydroxylation is 1. The van der Waals surface area contributed by atoms with Gasteiger partial charge in [0.1, 0.15) is 0 Å². The molecule has 2 N–H and O–H groups in total. The molecular weight excluding hydrogens is 314 g/mol. The van der Waals surface area contributed by atoms with Crippen LogP contribution in [0.5, 0.6) is 0 Å². The Hall–Kier alpha value is -2.84. The van der Waals surface area contributed by atoms with Crippen LogP contribution in [0, 0.1) is 11.3 Å². The van der Waals surface area contributed by atoms with E-state index in [4.69, 9.17) is 16.9 Å². The van der Waals surface area contributed by atoms with Crippen molar-refractivity contribution < 1.29 is 9.59 Å². The maximum Gasteiger partial charge on any atom is 0.271 e. The zero-order chi connectivity index (χ0) is 16.7. The van der Waals surface area contributed by atoms with Crippen LogP contribution in [-0.4, -0.2) is 11.8 Å². The Kier molecular flexibility index (Phi) is 5.73. The van der Waals surface area contributed by atoms with Gasteiger partial charge in [-0.05, 0) is 36.2 Å². The molecule has 0 aromatic heterocycles. The molecule has 23 heavy (non-hydrogen) atoms. The van der Waals surface area contributed by atoms with E-state index in [0.717, 1.165) is 5.56 Å². The second-order valence-corrected chi connectivity index (χ2v) is 5.20. The minimum absolute atomic E-state index is 0.217. The summed E-state index contributed by atoms with van der Waals surface area (Å²) in [5.74, 6) is -0.780. The van der Waals surface area contributed by atoms with E-state index in [1.165, 1.54) is 0 Å². The highest BCUT2D eigenvalue weighted by atomic mass is 35.5. The van der Waals surface area contributed by atoms with E-state index < -0.39 is 5.91 Å². The van der Waals surface area contributed by atoms with Crippen LogP contribution in [0.1, 0.15) is 27.9 Å².